The normalized spacial score (nSPS) is 14.0. The summed E-state index contributed by atoms with van der Waals surface area (Å²) in [6.45, 7) is 2.86. The van der Waals surface area contributed by atoms with Crippen molar-refractivity contribution in [2.45, 2.75) is 32.4 Å². The van der Waals surface area contributed by atoms with Crippen molar-refractivity contribution in [2.75, 3.05) is 7.11 Å². The molecule has 1 N–H and O–H groups in total. The van der Waals surface area contributed by atoms with Gasteiger partial charge in [0.25, 0.3) is 0 Å². The molecule has 1 fully saturated rings. The molecule has 4 heteroatoms. The number of hydrogen-bond acceptors (Lipinski definition) is 4. The van der Waals surface area contributed by atoms with Crippen molar-refractivity contribution in [3.05, 3.63) is 47.7 Å². The third-order valence-corrected chi connectivity index (χ3v) is 3.44. The monoisotopic (exact) mass is 284 g/mol. The molecular formula is C17H20N2O2. The van der Waals surface area contributed by atoms with E-state index in [1.54, 1.807) is 7.11 Å². The lowest BCUT2D eigenvalue weighted by Crippen LogP contribution is -2.15. The van der Waals surface area contributed by atoms with Crippen LogP contribution in [-0.2, 0) is 6.54 Å². The molecule has 0 unspecified atom stereocenters. The minimum atomic E-state index is 0.632. The summed E-state index contributed by atoms with van der Waals surface area (Å²) in [6.07, 6.45) is 2.58. The summed E-state index contributed by atoms with van der Waals surface area (Å²) in [5, 5.41) is 3.51. The topological polar surface area (TPSA) is 43.4 Å². The van der Waals surface area contributed by atoms with Gasteiger partial charge >= 0.3 is 0 Å². The van der Waals surface area contributed by atoms with E-state index in [1.807, 2.05) is 37.3 Å². The molecular weight excluding hydrogens is 264 g/mol. The van der Waals surface area contributed by atoms with Gasteiger partial charge < -0.3 is 14.8 Å². The van der Waals surface area contributed by atoms with Crippen LogP contribution >= 0.6 is 0 Å². The van der Waals surface area contributed by atoms with Crippen LogP contribution in [0.3, 0.4) is 0 Å². The number of hydrogen-bond donors (Lipinski definition) is 1. The molecule has 110 valence electrons. The van der Waals surface area contributed by atoms with Crippen LogP contribution in [-0.4, -0.2) is 18.1 Å². The number of ether oxygens (including phenoxy) is 2. The molecule has 1 heterocycles. The van der Waals surface area contributed by atoms with Crippen LogP contribution in [0.5, 0.6) is 17.4 Å². The first kappa shape index (κ1) is 13.9. The lowest BCUT2D eigenvalue weighted by Gasteiger charge is -2.09. The van der Waals surface area contributed by atoms with Gasteiger partial charge in [0.2, 0.25) is 5.88 Å². The van der Waals surface area contributed by atoms with Gasteiger partial charge in [0.1, 0.15) is 11.5 Å². The van der Waals surface area contributed by atoms with Crippen LogP contribution in [0.25, 0.3) is 0 Å². The second-order valence-corrected chi connectivity index (χ2v) is 5.39. The number of pyridine rings is 1. The van der Waals surface area contributed by atoms with Crippen LogP contribution < -0.4 is 14.8 Å². The number of aromatic nitrogens is 1. The smallest absolute Gasteiger partial charge is 0.219 e. The predicted octanol–water partition coefficient (Wildman–Crippen LogP) is 3.44. The largest absolute Gasteiger partial charge is 0.497 e. The highest BCUT2D eigenvalue weighted by atomic mass is 16.5. The summed E-state index contributed by atoms with van der Waals surface area (Å²) in [4.78, 5) is 4.43. The van der Waals surface area contributed by atoms with Gasteiger partial charge in [0.15, 0.2) is 0 Å². The summed E-state index contributed by atoms with van der Waals surface area (Å²) in [7, 11) is 1.65. The summed E-state index contributed by atoms with van der Waals surface area (Å²) < 4.78 is 11.0. The molecule has 0 atom stereocenters. The lowest BCUT2D eigenvalue weighted by molar-refractivity contribution is 0.412. The first-order valence-corrected chi connectivity index (χ1v) is 7.26. The van der Waals surface area contributed by atoms with Crippen molar-refractivity contribution >= 4 is 0 Å². The Bertz CT molecular complexity index is 607. The third kappa shape index (κ3) is 3.95. The van der Waals surface area contributed by atoms with Crippen LogP contribution in [0.1, 0.15) is 24.1 Å². The fourth-order valence-electron chi connectivity index (χ4n) is 2.18. The van der Waals surface area contributed by atoms with Crippen molar-refractivity contribution in [1.29, 1.82) is 0 Å². The summed E-state index contributed by atoms with van der Waals surface area (Å²) in [5.41, 5.74) is 2.17. The molecule has 1 aliphatic carbocycles. The highest BCUT2D eigenvalue weighted by molar-refractivity contribution is 5.34. The van der Waals surface area contributed by atoms with E-state index in [1.165, 1.54) is 18.4 Å². The molecule has 0 radical (unpaired) electrons. The zero-order valence-corrected chi connectivity index (χ0v) is 12.4. The van der Waals surface area contributed by atoms with Crippen LogP contribution in [0.15, 0.2) is 36.4 Å². The highest BCUT2D eigenvalue weighted by Gasteiger charge is 2.20. The van der Waals surface area contributed by atoms with E-state index >= 15 is 0 Å². The van der Waals surface area contributed by atoms with Crippen molar-refractivity contribution in [3.8, 4) is 17.4 Å². The number of benzene rings is 1. The molecule has 1 saturated carbocycles. The average molecular weight is 284 g/mol. The molecule has 4 nitrogen and oxygen atoms in total. The number of nitrogens with one attached hydrogen (secondary N) is 1. The Morgan fingerprint density at radius 2 is 1.86 bits per heavy atom. The molecule has 0 saturated heterocycles. The Labute approximate surface area is 125 Å². The second kappa shape index (κ2) is 6.14. The van der Waals surface area contributed by atoms with E-state index in [4.69, 9.17) is 9.47 Å². The minimum Gasteiger partial charge on any atom is -0.497 e. The predicted molar refractivity (Wildman–Crippen MR) is 81.9 cm³/mol. The van der Waals surface area contributed by atoms with E-state index in [2.05, 4.69) is 16.4 Å². The Morgan fingerprint density at radius 1 is 1.14 bits per heavy atom. The average Bonchev–Trinajstić information content (AvgIpc) is 3.30. The van der Waals surface area contributed by atoms with Crippen LogP contribution in [0, 0.1) is 6.92 Å². The molecule has 0 bridgehead atoms. The molecule has 21 heavy (non-hydrogen) atoms. The number of nitrogens with zero attached hydrogens (tertiary/aromatic N) is 1. The molecule has 0 aliphatic heterocycles. The standard InChI is InChI=1S/C17H20N2O2/c1-12-9-13(11-18-14-3-4-14)10-17(19-12)21-16-7-5-15(20-2)6-8-16/h5-10,14,18H,3-4,11H2,1-2H3. The highest BCUT2D eigenvalue weighted by Crippen LogP contribution is 2.24. The van der Waals surface area contributed by atoms with E-state index < -0.39 is 0 Å². The summed E-state index contributed by atoms with van der Waals surface area (Å²) >= 11 is 0. The molecule has 1 aliphatic rings. The Balaban J connectivity index is 1.70. The zero-order chi connectivity index (χ0) is 14.7. The number of aryl methyl sites for hydroxylation is 1. The maximum absolute atomic E-state index is 5.83. The van der Waals surface area contributed by atoms with Crippen molar-refractivity contribution in [3.63, 3.8) is 0 Å². The van der Waals surface area contributed by atoms with Gasteiger partial charge in [-0.1, -0.05) is 0 Å². The fraction of sp³-hybridized carbons (Fsp3) is 0.353. The summed E-state index contributed by atoms with van der Waals surface area (Å²) in [5.74, 6) is 2.21. The minimum absolute atomic E-state index is 0.632. The van der Waals surface area contributed by atoms with Crippen molar-refractivity contribution in [1.82, 2.24) is 10.3 Å². The van der Waals surface area contributed by atoms with E-state index in [-0.39, 0.29) is 0 Å². The van der Waals surface area contributed by atoms with Gasteiger partial charge in [-0.05, 0) is 55.7 Å². The molecule has 0 amide bonds. The van der Waals surface area contributed by atoms with Crippen LogP contribution in [0.2, 0.25) is 0 Å². The lowest BCUT2D eigenvalue weighted by atomic mass is 10.2. The summed E-state index contributed by atoms with van der Waals surface area (Å²) in [6, 6.07) is 12.3. The molecule has 2 aromatic rings. The van der Waals surface area contributed by atoms with Crippen LogP contribution in [0.4, 0.5) is 0 Å². The van der Waals surface area contributed by atoms with E-state index in [9.17, 15) is 0 Å². The van der Waals surface area contributed by atoms with Gasteiger partial charge in [-0.15, -0.1) is 0 Å². The number of rotatable bonds is 6. The van der Waals surface area contributed by atoms with E-state index in [0.717, 1.165) is 23.7 Å². The van der Waals surface area contributed by atoms with Gasteiger partial charge in [-0.25, -0.2) is 4.98 Å². The molecule has 1 aromatic carbocycles. The second-order valence-electron chi connectivity index (χ2n) is 5.39. The Hall–Kier alpha value is -2.07. The van der Waals surface area contributed by atoms with Gasteiger partial charge in [0.05, 0.1) is 7.11 Å². The van der Waals surface area contributed by atoms with E-state index in [0.29, 0.717) is 11.9 Å². The van der Waals surface area contributed by atoms with Gasteiger partial charge in [-0.2, -0.15) is 0 Å². The number of methoxy groups -OCH3 is 1. The van der Waals surface area contributed by atoms with Gasteiger partial charge in [-0.3, -0.25) is 0 Å². The quantitative estimate of drug-likeness (QED) is 0.882. The first-order chi connectivity index (χ1) is 10.2. The zero-order valence-electron chi connectivity index (χ0n) is 12.4. The molecule has 0 spiro atoms. The van der Waals surface area contributed by atoms with Crippen molar-refractivity contribution < 1.29 is 9.47 Å². The SMILES string of the molecule is COc1ccc(Oc2cc(CNC3CC3)cc(C)n2)cc1. The van der Waals surface area contributed by atoms with Crippen molar-refractivity contribution in [2.24, 2.45) is 0 Å². The van der Waals surface area contributed by atoms with Gasteiger partial charge in [0, 0.05) is 24.3 Å². The Kier molecular flexibility index (Phi) is 4.06. The third-order valence-electron chi connectivity index (χ3n) is 3.44. The first-order valence-electron chi connectivity index (χ1n) is 7.26. The fourth-order valence-corrected chi connectivity index (χ4v) is 2.18. The molecule has 1 aromatic heterocycles. The Morgan fingerprint density at radius 3 is 2.52 bits per heavy atom. The maximum Gasteiger partial charge on any atom is 0.219 e. The molecule has 3 rings (SSSR count). The maximum atomic E-state index is 5.83.